The lowest BCUT2D eigenvalue weighted by molar-refractivity contribution is -0.126. The number of benzene rings is 2. The van der Waals surface area contributed by atoms with Crippen LogP contribution in [0, 0.1) is 0 Å². The third-order valence-electron chi connectivity index (χ3n) is 6.93. The molecule has 2 rings (SSSR count). The molecule has 0 unspecified atom stereocenters. The average Bonchev–Trinajstić information content (AvgIpc) is 2.78. The lowest BCUT2D eigenvalue weighted by atomic mass is 9.78. The molecule has 0 bridgehead atoms. The Morgan fingerprint density at radius 2 is 1.02 bits per heavy atom. The van der Waals surface area contributed by atoms with Crippen LogP contribution in [0.1, 0.15) is 123 Å². The number of aryl methyl sites for hydroxylation is 1. The molecular weight excluding hydrogens is 500 g/mol. The van der Waals surface area contributed by atoms with E-state index < -0.39 is 5.91 Å². The number of rotatable bonds is 5. The summed E-state index contributed by atoms with van der Waals surface area (Å²) in [5.74, 6) is -0.165. The van der Waals surface area contributed by atoms with Crippen LogP contribution in [-0.4, -0.2) is 22.0 Å². The number of hydrogen-bond donors (Lipinski definition) is 4. The van der Waals surface area contributed by atoms with Crippen molar-refractivity contribution in [3.63, 3.8) is 0 Å². The highest BCUT2D eigenvalue weighted by Crippen LogP contribution is 2.41. The van der Waals surface area contributed by atoms with E-state index in [0.717, 1.165) is 33.4 Å². The van der Waals surface area contributed by atoms with E-state index in [1.54, 1.807) is 6.08 Å². The number of hydrazine groups is 1. The van der Waals surface area contributed by atoms with Crippen LogP contribution in [0.3, 0.4) is 0 Å². The van der Waals surface area contributed by atoms with Crippen molar-refractivity contribution in [3.8, 4) is 11.5 Å². The maximum atomic E-state index is 12.5. The molecule has 0 aliphatic heterocycles. The van der Waals surface area contributed by atoms with Gasteiger partial charge < -0.3 is 10.2 Å². The SMILES string of the molecule is CC(C)(C)c1cc(/C=C\C(=O)NNC(=O)CCc2cc(C(C)(C)C)c(O)c(C(C)(C)C)c2)cc(C(C)(C)C)c1O. The molecule has 0 saturated heterocycles. The van der Waals surface area contributed by atoms with Gasteiger partial charge in [0.25, 0.3) is 5.91 Å². The molecule has 6 heteroatoms. The molecule has 0 atom stereocenters. The first-order valence-electron chi connectivity index (χ1n) is 14.0. The molecule has 0 heterocycles. The van der Waals surface area contributed by atoms with Crippen LogP contribution in [0.2, 0.25) is 0 Å². The Morgan fingerprint density at radius 1 is 0.650 bits per heavy atom. The van der Waals surface area contributed by atoms with Crippen LogP contribution in [0.5, 0.6) is 11.5 Å². The molecule has 40 heavy (non-hydrogen) atoms. The van der Waals surface area contributed by atoms with Gasteiger partial charge >= 0.3 is 0 Å². The molecule has 0 aliphatic rings. The lowest BCUT2D eigenvalue weighted by Crippen LogP contribution is -2.40. The highest BCUT2D eigenvalue weighted by atomic mass is 16.3. The second kappa shape index (κ2) is 11.7. The number of phenols is 2. The first-order valence-corrected chi connectivity index (χ1v) is 14.0. The summed E-state index contributed by atoms with van der Waals surface area (Å²) in [4.78, 5) is 25.0. The van der Waals surface area contributed by atoms with Gasteiger partial charge in [0.2, 0.25) is 5.91 Å². The summed E-state index contributed by atoms with van der Waals surface area (Å²) in [6, 6.07) is 7.72. The molecule has 2 aromatic carbocycles. The topological polar surface area (TPSA) is 98.7 Å². The van der Waals surface area contributed by atoms with Crippen LogP contribution < -0.4 is 10.9 Å². The summed E-state index contributed by atoms with van der Waals surface area (Å²) in [5, 5.41) is 21.8. The molecular formula is C34H50N2O4. The second-order valence-electron chi connectivity index (χ2n) is 14.9. The van der Waals surface area contributed by atoms with Gasteiger partial charge in [-0.1, -0.05) is 95.2 Å². The fraction of sp³-hybridized carbons (Fsp3) is 0.529. The van der Waals surface area contributed by atoms with Crippen LogP contribution in [0.25, 0.3) is 6.08 Å². The smallest absolute Gasteiger partial charge is 0.262 e. The molecule has 0 fully saturated rings. The highest BCUT2D eigenvalue weighted by molar-refractivity contribution is 5.93. The Hall–Kier alpha value is -3.28. The van der Waals surface area contributed by atoms with Gasteiger partial charge in [0.05, 0.1) is 0 Å². The van der Waals surface area contributed by atoms with Crippen LogP contribution in [0.15, 0.2) is 30.3 Å². The summed E-state index contributed by atoms with van der Waals surface area (Å²) in [7, 11) is 0. The molecule has 0 aromatic heterocycles. The quantitative estimate of drug-likeness (QED) is 0.236. The van der Waals surface area contributed by atoms with Gasteiger partial charge in [0.15, 0.2) is 0 Å². The van der Waals surface area contributed by atoms with Crippen molar-refractivity contribution in [3.05, 3.63) is 63.7 Å². The minimum absolute atomic E-state index is 0.184. The van der Waals surface area contributed by atoms with E-state index in [1.807, 2.05) is 65.8 Å². The standard InChI is InChI=1S/C34H50N2O4/c1-31(2,3)23-17-21(18-24(29(23)39)32(4,5)6)13-15-27(37)35-36-28(38)16-14-22-19-25(33(7,8)9)30(40)26(20-22)34(10,11)12/h13,15,17-20,39-40H,14,16H2,1-12H3,(H,35,37)(H,36,38)/b15-13-. The van der Waals surface area contributed by atoms with Gasteiger partial charge in [-0.05, 0) is 68.5 Å². The number of carbonyl (C=O) groups excluding carboxylic acids is 2. The minimum Gasteiger partial charge on any atom is -0.507 e. The van der Waals surface area contributed by atoms with Crippen molar-refractivity contribution in [2.45, 2.75) is 118 Å². The van der Waals surface area contributed by atoms with Gasteiger partial charge in [-0.2, -0.15) is 0 Å². The van der Waals surface area contributed by atoms with E-state index in [0.29, 0.717) is 12.2 Å². The van der Waals surface area contributed by atoms with E-state index in [-0.39, 0.29) is 39.7 Å². The van der Waals surface area contributed by atoms with Crippen LogP contribution in [-0.2, 0) is 37.7 Å². The molecule has 220 valence electrons. The summed E-state index contributed by atoms with van der Waals surface area (Å²) >= 11 is 0. The monoisotopic (exact) mass is 550 g/mol. The number of phenolic OH excluding ortho intramolecular Hbond substituents is 2. The van der Waals surface area contributed by atoms with Gasteiger partial charge in [-0.25, -0.2) is 0 Å². The Morgan fingerprint density at radius 3 is 1.40 bits per heavy atom. The van der Waals surface area contributed by atoms with Crippen molar-refractivity contribution in [2.24, 2.45) is 0 Å². The molecule has 0 radical (unpaired) electrons. The number of amides is 2. The van der Waals surface area contributed by atoms with Gasteiger partial charge in [-0.3, -0.25) is 20.4 Å². The summed E-state index contributed by atoms with van der Waals surface area (Å²) < 4.78 is 0. The maximum Gasteiger partial charge on any atom is 0.262 e. The largest absolute Gasteiger partial charge is 0.507 e. The zero-order valence-corrected chi connectivity index (χ0v) is 26.6. The zero-order chi connectivity index (χ0) is 30.8. The summed E-state index contributed by atoms with van der Waals surface area (Å²) in [6.07, 6.45) is 3.72. The Labute approximate surface area is 241 Å². The van der Waals surface area contributed by atoms with Gasteiger partial charge in [0.1, 0.15) is 11.5 Å². The van der Waals surface area contributed by atoms with Crippen LogP contribution in [0.4, 0.5) is 0 Å². The van der Waals surface area contributed by atoms with E-state index >= 15 is 0 Å². The van der Waals surface area contributed by atoms with E-state index in [4.69, 9.17) is 0 Å². The van der Waals surface area contributed by atoms with Crippen molar-refractivity contribution in [2.75, 3.05) is 0 Å². The fourth-order valence-electron chi connectivity index (χ4n) is 4.54. The maximum absolute atomic E-state index is 12.5. The molecule has 0 aliphatic carbocycles. The van der Waals surface area contributed by atoms with E-state index in [1.165, 1.54) is 6.08 Å². The number of nitrogens with one attached hydrogen (secondary N) is 2. The molecule has 2 aromatic rings. The minimum atomic E-state index is -0.453. The molecule has 4 N–H and O–H groups in total. The van der Waals surface area contributed by atoms with Crippen LogP contribution >= 0.6 is 0 Å². The van der Waals surface area contributed by atoms with Gasteiger partial charge in [-0.15, -0.1) is 0 Å². The van der Waals surface area contributed by atoms with Crippen molar-refractivity contribution in [1.82, 2.24) is 10.9 Å². The third kappa shape index (κ3) is 8.61. The lowest BCUT2D eigenvalue weighted by Gasteiger charge is -2.28. The molecule has 0 spiro atoms. The number of hydrogen-bond acceptors (Lipinski definition) is 4. The number of aromatic hydroxyl groups is 2. The molecule has 0 saturated carbocycles. The predicted octanol–water partition coefficient (Wildman–Crippen LogP) is 7.08. The third-order valence-corrected chi connectivity index (χ3v) is 6.93. The highest BCUT2D eigenvalue weighted by Gasteiger charge is 2.27. The predicted molar refractivity (Wildman–Crippen MR) is 165 cm³/mol. The Bertz CT molecular complexity index is 1210. The summed E-state index contributed by atoms with van der Waals surface area (Å²) in [5.41, 5.74) is 8.99. The average molecular weight is 551 g/mol. The summed E-state index contributed by atoms with van der Waals surface area (Å²) in [6.45, 7) is 24.6. The Balaban J connectivity index is 2.11. The van der Waals surface area contributed by atoms with E-state index in [2.05, 4.69) is 52.4 Å². The van der Waals surface area contributed by atoms with Gasteiger partial charge in [0, 0.05) is 23.6 Å². The molecule has 2 amide bonds. The first-order chi connectivity index (χ1) is 18.0. The van der Waals surface area contributed by atoms with Crippen molar-refractivity contribution >= 4 is 17.9 Å². The van der Waals surface area contributed by atoms with Crippen molar-refractivity contribution < 1.29 is 19.8 Å². The Kier molecular flexibility index (Phi) is 9.61. The molecule has 6 nitrogen and oxygen atoms in total. The first kappa shape index (κ1) is 32.9. The van der Waals surface area contributed by atoms with Crippen molar-refractivity contribution in [1.29, 1.82) is 0 Å². The normalized spacial score (nSPS) is 13.0. The van der Waals surface area contributed by atoms with E-state index in [9.17, 15) is 19.8 Å². The zero-order valence-electron chi connectivity index (χ0n) is 26.6. The second-order valence-corrected chi connectivity index (χ2v) is 14.9. The fourth-order valence-corrected chi connectivity index (χ4v) is 4.54. The number of carbonyl (C=O) groups is 2.